The van der Waals surface area contributed by atoms with Gasteiger partial charge in [0.2, 0.25) is 11.7 Å². The standard InChI is InChI=1S/C21H23F2N3O4S/c1-13(31(3,28)29)11-17(14-9-10-14)25-18(27)16-12-24-20(21(2,22)23)26-19(16)30-15-7-5-4-6-8-15/h4-8,11-12,14,17H,9-10H2,1-3H3,(H,25,27)/b13-11+/t17-/m1/s1. The summed E-state index contributed by atoms with van der Waals surface area (Å²) in [5, 5.41) is 2.76. The first-order valence-corrected chi connectivity index (χ1v) is 11.5. The van der Waals surface area contributed by atoms with Crippen molar-refractivity contribution >= 4 is 15.7 Å². The van der Waals surface area contributed by atoms with E-state index in [9.17, 15) is 22.0 Å². The molecule has 1 aliphatic carbocycles. The second kappa shape index (κ2) is 8.70. The third kappa shape index (κ3) is 6.06. The van der Waals surface area contributed by atoms with E-state index in [4.69, 9.17) is 4.74 Å². The number of hydrogen-bond donors (Lipinski definition) is 1. The number of sulfone groups is 1. The van der Waals surface area contributed by atoms with Crippen LogP contribution in [0, 0.1) is 5.92 Å². The van der Waals surface area contributed by atoms with E-state index in [1.807, 2.05) is 0 Å². The van der Waals surface area contributed by atoms with E-state index in [0.29, 0.717) is 12.7 Å². The van der Waals surface area contributed by atoms with Crippen molar-refractivity contribution in [3.8, 4) is 11.6 Å². The highest BCUT2D eigenvalue weighted by molar-refractivity contribution is 7.94. The molecule has 0 bridgehead atoms. The molecule has 0 aliphatic heterocycles. The normalized spacial score (nSPS) is 16.0. The van der Waals surface area contributed by atoms with Crippen molar-refractivity contribution in [2.75, 3.05) is 6.26 Å². The summed E-state index contributed by atoms with van der Waals surface area (Å²) in [5.41, 5.74) is -0.132. The van der Waals surface area contributed by atoms with Gasteiger partial charge in [0.1, 0.15) is 11.3 Å². The summed E-state index contributed by atoms with van der Waals surface area (Å²) in [7, 11) is -3.40. The van der Waals surface area contributed by atoms with Crippen molar-refractivity contribution in [2.45, 2.75) is 38.7 Å². The van der Waals surface area contributed by atoms with Gasteiger partial charge in [-0.15, -0.1) is 0 Å². The molecule has 166 valence electrons. The number of para-hydroxylation sites is 1. The highest BCUT2D eigenvalue weighted by Crippen LogP contribution is 2.35. The Morgan fingerprint density at radius 3 is 2.48 bits per heavy atom. The van der Waals surface area contributed by atoms with Crippen LogP contribution in [-0.2, 0) is 15.8 Å². The van der Waals surface area contributed by atoms with Crippen LogP contribution in [0.2, 0.25) is 0 Å². The topological polar surface area (TPSA) is 98.2 Å². The van der Waals surface area contributed by atoms with Crippen molar-refractivity contribution in [2.24, 2.45) is 5.92 Å². The number of rotatable bonds is 8. The molecular weight excluding hydrogens is 428 g/mol. The molecule has 0 unspecified atom stereocenters. The fourth-order valence-corrected chi connectivity index (χ4v) is 3.16. The van der Waals surface area contributed by atoms with Crippen molar-refractivity contribution in [1.82, 2.24) is 15.3 Å². The van der Waals surface area contributed by atoms with Gasteiger partial charge in [-0.2, -0.15) is 13.8 Å². The summed E-state index contributed by atoms with van der Waals surface area (Å²) < 4.78 is 56.6. The maximum absolute atomic E-state index is 13.7. The summed E-state index contributed by atoms with van der Waals surface area (Å²) in [6.07, 6.45) is 5.25. The molecular formula is C21H23F2N3O4S. The Hall–Kier alpha value is -2.88. The molecule has 0 radical (unpaired) electrons. The SMILES string of the molecule is C/C(=C\[C@@H](NC(=O)c1cnc(C(C)(F)F)nc1Oc1ccccc1)C1CC1)S(C)(=O)=O. The molecule has 1 atom stereocenters. The monoisotopic (exact) mass is 451 g/mol. The lowest BCUT2D eigenvalue weighted by Gasteiger charge is -2.18. The maximum Gasteiger partial charge on any atom is 0.303 e. The predicted molar refractivity (Wildman–Crippen MR) is 111 cm³/mol. The summed E-state index contributed by atoms with van der Waals surface area (Å²) in [5.74, 6) is -4.65. The van der Waals surface area contributed by atoms with Gasteiger partial charge in [0.25, 0.3) is 5.91 Å². The molecule has 1 saturated carbocycles. The summed E-state index contributed by atoms with van der Waals surface area (Å²) >= 11 is 0. The first-order valence-electron chi connectivity index (χ1n) is 9.62. The van der Waals surface area contributed by atoms with E-state index in [1.54, 1.807) is 30.3 Å². The Morgan fingerprint density at radius 1 is 1.29 bits per heavy atom. The fourth-order valence-electron chi connectivity index (χ4n) is 2.77. The zero-order chi connectivity index (χ0) is 22.8. The van der Waals surface area contributed by atoms with Gasteiger partial charge in [0.15, 0.2) is 9.84 Å². The second-order valence-electron chi connectivity index (χ2n) is 7.60. The zero-order valence-electron chi connectivity index (χ0n) is 17.3. The first kappa shape index (κ1) is 22.8. The Morgan fingerprint density at radius 2 is 1.94 bits per heavy atom. The van der Waals surface area contributed by atoms with Crippen LogP contribution in [-0.4, -0.2) is 36.6 Å². The van der Waals surface area contributed by atoms with Gasteiger partial charge in [-0.1, -0.05) is 18.2 Å². The lowest BCUT2D eigenvalue weighted by atomic mass is 10.1. The minimum atomic E-state index is -3.40. The molecule has 0 spiro atoms. The van der Waals surface area contributed by atoms with Crippen molar-refractivity contribution in [3.05, 3.63) is 58.9 Å². The van der Waals surface area contributed by atoms with Crippen LogP contribution in [0.4, 0.5) is 8.78 Å². The number of allylic oxidation sites excluding steroid dienone is 1. The molecule has 1 heterocycles. The first-order chi connectivity index (χ1) is 14.4. The third-order valence-electron chi connectivity index (χ3n) is 4.78. The van der Waals surface area contributed by atoms with Gasteiger partial charge in [0.05, 0.1) is 6.04 Å². The van der Waals surface area contributed by atoms with E-state index < -0.39 is 33.5 Å². The minimum absolute atomic E-state index is 0.0966. The Balaban J connectivity index is 1.93. The Bertz CT molecular complexity index is 1100. The lowest BCUT2D eigenvalue weighted by Crippen LogP contribution is -2.36. The molecule has 1 aromatic heterocycles. The highest BCUT2D eigenvalue weighted by Gasteiger charge is 2.34. The quantitative estimate of drug-likeness (QED) is 0.655. The van der Waals surface area contributed by atoms with Gasteiger partial charge < -0.3 is 10.1 Å². The molecule has 1 aliphatic rings. The number of alkyl halides is 2. The zero-order valence-corrected chi connectivity index (χ0v) is 18.1. The summed E-state index contributed by atoms with van der Waals surface area (Å²) in [4.78, 5) is 20.5. The molecule has 1 fully saturated rings. The minimum Gasteiger partial charge on any atom is -0.438 e. The fraction of sp³-hybridized carbons (Fsp3) is 0.381. The van der Waals surface area contributed by atoms with Crippen LogP contribution in [0.15, 0.2) is 47.5 Å². The maximum atomic E-state index is 13.7. The van der Waals surface area contributed by atoms with E-state index >= 15 is 0 Å². The smallest absolute Gasteiger partial charge is 0.303 e. The summed E-state index contributed by atoms with van der Waals surface area (Å²) in [6.45, 7) is 2.11. The highest BCUT2D eigenvalue weighted by atomic mass is 32.2. The molecule has 0 saturated heterocycles. The van der Waals surface area contributed by atoms with Gasteiger partial charge >= 0.3 is 5.92 Å². The van der Waals surface area contributed by atoms with Gasteiger partial charge in [-0.3, -0.25) is 4.79 Å². The second-order valence-corrected chi connectivity index (χ2v) is 9.79. The van der Waals surface area contributed by atoms with Crippen molar-refractivity contribution in [3.63, 3.8) is 0 Å². The number of aromatic nitrogens is 2. The Labute approximate surface area is 179 Å². The molecule has 2 aromatic rings. The van der Waals surface area contributed by atoms with E-state index in [1.165, 1.54) is 13.0 Å². The number of hydrogen-bond acceptors (Lipinski definition) is 6. The number of nitrogens with one attached hydrogen (secondary N) is 1. The number of nitrogens with zero attached hydrogens (tertiary/aromatic N) is 2. The molecule has 3 rings (SSSR count). The number of amides is 1. The molecule has 7 nitrogen and oxygen atoms in total. The van der Waals surface area contributed by atoms with E-state index in [-0.39, 0.29) is 22.3 Å². The number of carbonyl (C=O) groups excluding carboxylic acids is 1. The number of carbonyl (C=O) groups is 1. The van der Waals surface area contributed by atoms with Crippen LogP contribution < -0.4 is 10.1 Å². The number of ether oxygens (including phenoxy) is 1. The van der Waals surface area contributed by atoms with E-state index in [2.05, 4.69) is 15.3 Å². The predicted octanol–water partition coefficient (Wildman–Crippen LogP) is 3.84. The molecule has 1 aromatic carbocycles. The van der Waals surface area contributed by atoms with Crippen LogP contribution in [0.5, 0.6) is 11.6 Å². The molecule has 10 heteroatoms. The van der Waals surface area contributed by atoms with E-state index in [0.717, 1.165) is 25.3 Å². The van der Waals surface area contributed by atoms with Gasteiger partial charge in [-0.25, -0.2) is 13.4 Å². The summed E-state index contributed by atoms with van der Waals surface area (Å²) in [6, 6.07) is 7.79. The molecule has 1 amide bonds. The van der Waals surface area contributed by atoms with Crippen molar-refractivity contribution in [1.29, 1.82) is 0 Å². The third-order valence-corrected chi connectivity index (χ3v) is 6.08. The van der Waals surface area contributed by atoms with Gasteiger partial charge in [0, 0.05) is 24.3 Å². The van der Waals surface area contributed by atoms with Crippen LogP contribution >= 0.6 is 0 Å². The number of halogens is 2. The van der Waals surface area contributed by atoms with Crippen LogP contribution in [0.25, 0.3) is 0 Å². The molecule has 31 heavy (non-hydrogen) atoms. The Kier molecular flexibility index (Phi) is 6.40. The van der Waals surface area contributed by atoms with Crippen LogP contribution in [0.3, 0.4) is 0 Å². The van der Waals surface area contributed by atoms with Gasteiger partial charge in [-0.05, 0) is 43.9 Å². The lowest BCUT2D eigenvalue weighted by molar-refractivity contribution is 0.00707. The largest absolute Gasteiger partial charge is 0.438 e. The van der Waals surface area contributed by atoms with Crippen molar-refractivity contribution < 1.29 is 26.7 Å². The van der Waals surface area contributed by atoms with Crippen LogP contribution in [0.1, 0.15) is 42.9 Å². The average molecular weight is 451 g/mol. The number of benzene rings is 1. The molecule has 1 N–H and O–H groups in total. The average Bonchev–Trinajstić information content (AvgIpc) is 3.52.